The first-order valence-electron chi connectivity index (χ1n) is 11.7. The van der Waals surface area contributed by atoms with Crippen molar-refractivity contribution < 1.29 is 23.9 Å². The molecule has 2 amide bonds. The van der Waals surface area contributed by atoms with Gasteiger partial charge in [-0.3, -0.25) is 19.4 Å². The van der Waals surface area contributed by atoms with Crippen LogP contribution in [0.4, 0.5) is 4.39 Å². The van der Waals surface area contributed by atoms with Crippen molar-refractivity contribution in [2.75, 3.05) is 6.54 Å². The highest BCUT2D eigenvalue weighted by Gasteiger charge is 2.49. The highest BCUT2D eigenvalue weighted by molar-refractivity contribution is 6.47. The third-order valence-corrected chi connectivity index (χ3v) is 6.87. The zero-order chi connectivity index (χ0) is 25.2. The van der Waals surface area contributed by atoms with Crippen LogP contribution in [0.3, 0.4) is 0 Å². The highest BCUT2D eigenvalue weighted by Crippen LogP contribution is 2.44. The summed E-state index contributed by atoms with van der Waals surface area (Å²) in [7, 11) is 0. The molecule has 0 bridgehead atoms. The number of carboxylic acids is 1. The summed E-state index contributed by atoms with van der Waals surface area (Å²) in [4.78, 5) is 43.3. The monoisotopic (exact) mass is 499 g/mol. The molecule has 1 heterocycles. The van der Waals surface area contributed by atoms with Crippen LogP contribution >= 0.6 is 11.6 Å². The molecule has 2 aromatic rings. The van der Waals surface area contributed by atoms with Crippen molar-refractivity contribution in [2.45, 2.75) is 57.2 Å². The molecule has 1 aliphatic heterocycles. The minimum atomic E-state index is -0.983. The summed E-state index contributed by atoms with van der Waals surface area (Å²) >= 11 is 6.05. The fraction of sp³-hybridized carbons (Fsp3) is 0.385. The number of aliphatic carboxylic acids is 1. The Labute approximate surface area is 208 Å². The van der Waals surface area contributed by atoms with Gasteiger partial charge in [0.15, 0.2) is 0 Å². The molecular weight excluding hydrogens is 473 g/mol. The molecule has 1 spiro atoms. The number of carbonyl (C=O) groups excluding carboxylic acids is 2. The van der Waals surface area contributed by atoms with Crippen molar-refractivity contribution in [3.63, 3.8) is 0 Å². The van der Waals surface area contributed by atoms with Crippen molar-refractivity contribution >= 4 is 35.1 Å². The summed E-state index contributed by atoms with van der Waals surface area (Å²) in [6.45, 7) is 1.97. The second kappa shape index (κ2) is 10.2. The Morgan fingerprint density at radius 1 is 1.17 bits per heavy atom. The van der Waals surface area contributed by atoms with E-state index in [1.807, 2.05) is 6.92 Å². The van der Waals surface area contributed by atoms with E-state index in [0.29, 0.717) is 11.1 Å². The van der Waals surface area contributed by atoms with Crippen molar-refractivity contribution in [1.29, 1.82) is 0 Å². The Morgan fingerprint density at radius 2 is 1.86 bits per heavy atom. The molecule has 2 aromatic carbocycles. The number of hydrogen-bond donors (Lipinski definition) is 2. The molecule has 1 aliphatic carbocycles. The van der Waals surface area contributed by atoms with E-state index in [1.165, 1.54) is 12.1 Å². The van der Waals surface area contributed by atoms with Gasteiger partial charge < -0.3 is 15.3 Å². The predicted molar refractivity (Wildman–Crippen MR) is 130 cm³/mol. The quantitative estimate of drug-likeness (QED) is 0.575. The average Bonchev–Trinajstić information content (AvgIpc) is 3.09. The van der Waals surface area contributed by atoms with Gasteiger partial charge in [-0.05, 0) is 68.5 Å². The van der Waals surface area contributed by atoms with E-state index in [1.54, 1.807) is 35.2 Å². The summed E-state index contributed by atoms with van der Waals surface area (Å²) < 4.78 is 14.1. The van der Waals surface area contributed by atoms with Gasteiger partial charge in [0.1, 0.15) is 17.2 Å². The topological polar surface area (TPSA) is 99.1 Å². The lowest BCUT2D eigenvalue weighted by Crippen LogP contribution is -2.49. The standard InChI is InChI=1S/C26H27ClFN3O4/c1-16(17-5-7-18(8-6-17)24(34)29-12-9-22(32)33)31-25(35)23(19-13-20(27)15-21(28)14-19)30-26(31)10-3-2-4-11-26/h5-8,13-16H,2-4,9-12H2,1H3,(H,29,34)(H,32,33). The molecule has 1 fully saturated rings. The molecule has 1 atom stereocenters. The molecule has 1 saturated carbocycles. The molecule has 0 saturated heterocycles. The lowest BCUT2D eigenvalue weighted by Gasteiger charge is -2.42. The number of nitrogens with one attached hydrogen (secondary N) is 1. The first kappa shape index (κ1) is 24.9. The summed E-state index contributed by atoms with van der Waals surface area (Å²) in [6, 6.07) is 10.6. The van der Waals surface area contributed by atoms with Crippen LogP contribution < -0.4 is 5.32 Å². The van der Waals surface area contributed by atoms with Gasteiger partial charge in [0, 0.05) is 22.7 Å². The van der Waals surface area contributed by atoms with Gasteiger partial charge >= 0.3 is 5.97 Å². The lowest BCUT2D eigenvalue weighted by molar-refractivity contribution is -0.137. The number of hydrogen-bond acceptors (Lipinski definition) is 4. The Morgan fingerprint density at radius 3 is 2.49 bits per heavy atom. The van der Waals surface area contributed by atoms with Gasteiger partial charge in [-0.15, -0.1) is 0 Å². The summed E-state index contributed by atoms with van der Waals surface area (Å²) in [5.41, 5.74) is 1.12. The first-order chi connectivity index (χ1) is 16.7. The van der Waals surface area contributed by atoms with Crippen LogP contribution in [0.2, 0.25) is 5.02 Å². The fourth-order valence-corrected chi connectivity index (χ4v) is 5.17. The highest BCUT2D eigenvalue weighted by atomic mass is 35.5. The van der Waals surface area contributed by atoms with Gasteiger partial charge in [-0.25, -0.2) is 4.39 Å². The maximum absolute atomic E-state index is 14.1. The van der Waals surface area contributed by atoms with Crippen LogP contribution in [0.25, 0.3) is 0 Å². The molecule has 184 valence electrons. The largest absolute Gasteiger partial charge is 0.481 e. The van der Waals surface area contributed by atoms with Crippen LogP contribution in [-0.2, 0) is 9.59 Å². The molecule has 4 rings (SSSR count). The molecule has 2 aliphatic rings. The van der Waals surface area contributed by atoms with Crippen LogP contribution in [0, 0.1) is 5.82 Å². The van der Waals surface area contributed by atoms with Crippen LogP contribution in [-0.4, -0.2) is 45.7 Å². The van der Waals surface area contributed by atoms with E-state index in [-0.39, 0.29) is 41.6 Å². The third kappa shape index (κ3) is 5.22. The van der Waals surface area contributed by atoms with Crippen molar-refractivity contribution in [1.82, 2.24) is 10.2 Å². The molecule has 2 N–H and O–H groups in total. The Bertz CT molecular complexity index is 1160. The average molecular weight is 500 g/mol. The molecule has 0 aromatic heterocycles. The van der Waals surface area contributed by atoms with Crippen molar-refractivity contribution in [3.05, 3.63) is 70.0 Å². The van der Waals surface area contributed by atoms with E-state index in [4.69, 9.17) is 21.7 Å². The minimum absolute atomic E-state index is 0.0430. The van der Waals surface area contributed by atoms with Crippen molar-refractivity contribution in [3.8, 4) is 0 Å². The molecule has 35 heavy (non-hydrogen) atoms. The number of benzene rings is 2. The fourth-order valence-electron chi connectivity index (χ4n) is 4.95. The molecule has 7 nitrogen and oxygen atoms in total. The van der Waals surface area contributed by atoms with Crippen molar-refractivity contribution in [2.24, 2.45) is 4.99 Å². The predicted octanol–water partition coefficient (Wildman–Crippen LogP) is 4.74. The maximum Gasteiger partial charge on any atom is 0.305 e. The maximum atomic E-state index is 14.1. The lowest BCUT2D eigenvalue weighted by atomic mass is 9.87. The summed E-state index contributed by atoms with van der Waals surface area (Å²) in [5, 5.41) is 11.5. The van der Waals surface area contributed by atoms with Crippen LogP contribution in [0.1, 0.15) is 73.0 Å². The number of carboxylic acid groups (broad SMARTS) is 1. The van der Waals surface area contributed by atoms with Gasteiger partial charge in [0.25, 0.3) is 11.8 Å². The number of rotatable bonds is 7. The number of aliphatic imine (C=N–C) groups is 1. The number of carbonyl (C=O) groups is 3. The van der Waals surface area contributed by atoms with Crippen LogP contribution in [0.15, 0.2) is 47.5 Å². The van der Waals surface area contributed by atoms with Gasteiger partial charge in [0.2, 0.25) is 0 Å². The molecular formula is C26H27ClFN3O4. The second-order valence-electron chi connectivity index (χ2n) is 9.03. The zero-order valence-electron chi connectivity index (χ0n) is 19.4. The second-order valence-corrected chi connectivity index (χ2v) is 9.47. The normalized spacial score (nSPS) is 17.9. The van der Waals surface area contributed by atoms with Crippen LogP contribution in [0.5, 0.6) is 0 Å². The number of halogens is 2. The van der Waals surface area contributed by atoms with Gasteiger partial charge in [-0.2, -0.15) is 0 Å². The molecule has 9 heteroatoms. The van der Waals surface area contributed by atoms with E-state index in [9.17, 15) is 18.8 Å². The van der Waals surface area contributed by atoms with Gasteiger partial charge in [-0.1, -0.05) is 30.2 Å². The number of nitrogens with zero attached hydrogens (tertiary/aromatic N) is 2. The van der Waals surface area contributed by atoms with Gasteiger partial charge in [0.05, 0.1) is 12.5 Å². The van der Waals surface area contributed by atoms with E-state index < -0.39 is 17.4 Å². The smallest absolute Gasteiger partial charge is 0.305 e. The minimum Gasteiger partial charge on any atom is -0.481 e. The Kier molecular flexibility index (Phi) is 7.21. The molecule has 1 unspecified atom stereocenters. The third-order valence-electron chi connectivity index (χ3n) is 6.65. The molecule has 0 radical (unpaired) electrons. The van der Waals surface area contributed by atoms with E-state index >= 15 is 0 Å². The Balaban J connectivity index is 1.59. The van der Waals surface area contributed by atoms with E-state index in [2.05, 4.69) is 5.32 Å². The SMILES string of the molecule is CC(c1ccc(C(=O)NCCC(=O)O)cc1)N1C(=O)C(c2cc(F)cc(Cl)c2)=NC12CCCCC2. The van der Waals surface area contributed by atoms with E-state index in [0.717, 1.165) is 37.7 Å². The summed E-state index contributed by atoms with van der Waals surface area (Å²) in [6.07, 6.45) is 4.23. The summed E-state index contributed by atoms with van der Waals surface area (Å²) in [5.74, 6) is -2.13. The number of amides is 2. The zero-order valence-corrected chi connectivity index (χ0v) is 20.1. The Hall–Kier alpha value is -3.26. The first-order valence-corrected chi connectivity index (χ1v) is 12.1.